The molecule has 0 bridgehead atoms. The van der Waals surface area contributed by atoms with Crippen molar-refractivity contribution >= 4 is 5.91 Å². The van der Waals surface area contributed by atoms with Crippen LogP contribution >= 0.6 is 0 Å². The highest BCUT2D eigenvalue weighted by Crippen LogP contribution is 2.21. The molecule has 0 spiro atoms. The number of carbonyl (C=O) groups excluding carboxylic acids is 1. The van der Waals surface area contributed by atoms with E-state index in [-0.39, 0.29) is 5.91 Å². The van der Waals surface area contributed by atoms with Crippen LogP contribution in [0.4, 0.5) is 0 Å². The molecule has 0 saturated heterocycles. The summed E-state index contributed by atoms with van der Waals surface area (Å²) in [6, 6.07) is 8.12. The van der Waals surface area contributed by atoms with E-state index in [4.69, 9.17) is 9.47 Å². The lowest BCUT2D eigenvalue weighted by Gasteiger charge is -2.31. The Balaban J connectivity index is 1.85. The van der Waals surface area contributed by atoms with Gasteiger partial charge in [-0.3, -0.25) is 4.79 Å². The molecule has 0 aliphatic heterocycles. The van der Waals surface area contributed by atoms with E-state index in [0.717, 1.165) is 24.2 Å². The first-order valence-corrected chi connectivity index (χ1v) is 9.13. The quantitative estimate of drug-likeness (QED) is 0.784. The van der Waals surface area contributed by atoms with Gasteiger partial charge in [0.05, 0.1) is 13.7 Å². The van der Waals surface area contributed by atoms with Crippen molar-refractivity contribution in [1.29, 1.82) is 0 Å². The van der Waals surface area contributed by atoms with E-state index < -0.39 is 6.10 Å². The lowest BCUT2D eigenvalue weighted by molar-refractivity contribution is -0.144. The first kappa shape index (κ1) is 18.8. The summed E-state index contributed by atoms with van der Waals surface area (Å²) in [4.78, 5) is 14.6. The summed E-state index contributed by atoms with van der Waals surface area (Å²) in [5, 5.41) is 0. The first-order chi connectivity index (χ1) is 11.6. The summed E-state index contributed by atoms with van der Waals surface area (Å²) < 4.78 is 11.0. The van der Waals surface area contributed by atoms with E-state index in [1.54, 1.807) is 7.11 Å². The number of ether oxygens (including phenoxy) is 2. The number of hydrogen-bond donors (Lipinski definition) is 0. The Morgan fingerprint density at radius 2 is 1.88 bits per heavy atom. The topological polar surface area (TPSA) is 38.8 Å². The van der Waals surface area contributed by atoms with Crippen LogP contribution in [0, 0.1) is 0 Å². The Morgan fingerprint density at radius 3 is 2.54 bits per heavy atom. The van der Waals surface area contributed by atoms with Crippen molar-refractivity contribution in [3.63, 3.8) is 0 Å². The van der Waals surface area contributed by atoms with Crippen LogP contribution in [-0.4, -0.2) is 37.1 Å². The van der Waals surface area contributed by atoms with Gasteiger partial charge in [0, 0.05) is 13.1 Å². The second-order valence-corrected chi connectivity index (χ2v) is 6.75. The molecule has 1 aliphatic carbocycles. The van der Waals surface area contributed by atoms with Gasteiger partial charge in [-0.15, -0.1) is 0 Å². The maximum Gasteiger partial charge on any atom is 0.251 e. The van der Waals surface area contributed by atoms with Gasteiger partial charge in [0.1, 0.15) is 11.9 Å². The first-order valence-electron chi connectivity index (χ1n) is 9.13. The molecule has 1 atom stereocenters. The molecule has 0 aromatic heterocycles. The monoisotopic (exact) mass is 333 g/mol. The van der Waals surface area contributed by atoms with Crippen LogP contribution in [0.5, 0.6) is 5.75 Å². The molecule has 24 heavy (non-hydrogen) atoms. The molecule has 1 amide bonds. The van der Waals surface area contributed by atoms with E-state index in [0.29, 0.717) is 12.6 Å². The number of benzene rings is 1. The van der Waals surface area contributed by atoms with E-state index in [1.165, 1.54) is 32.1 Å². The summed E-state index contributed by atoms with van der Waals surface area (Å²) in [6.07, 6.45) is 8.18. The van der Waals surface area contributed by atoms with Crippen molar-refractivity contribution < 1.29 is 14.3 Å². The lowest BCUT2D eigenvalue weighted by Crippen LogP contribution is -2.43. The minimum atomic E-state index is -0.424. The van der Waals surface area contributed by atoms with Gasteiger partial charge < -0.3 is 14.4 Å². The van der Waals surface area contributed by atoms with Crippen LogP contribution < -0.4 is 4.74 Å². The Kier molecular flexibility index (Phi) is 7.57. The molecule has 2 rings (SSSR count). The fourth-order valence-electron chi connectivity index (χ4n) is 3.34. The highest BCUT2D eigenvalue weighted by atomic mass is 16.5. The molecule has 1 fully saturated rings. The number of methoxy groups -OCH3 is 1. The standard InChI is InChI=1S/C20H31NO3/c1-16(24-15-17-10-9-13-19(14-17)23-3)20(22)21(2)18-11-7-5-4-6-8-12-18/h9-10,13-14,16,18H,4-8,11-12,15H2,1-3H3. The van der Waals surface area contributed by atoms with Crippen LogP contribution in [0.3, 0.4) is 0 Å². The summed E-state index contributed by atoms with van der Waals surface area (Å²) >= 11 is 0. The summed E-state index contributed by atoms with van der Waals surface area (Å²) in [6.45, 7) is 2.27. The number of hydrogen-bond acceptors (Lipinski definition) is 3. The molecule has 0 heterocycles. The van der Waals surface area contributed by atoms with Gasteiger partial charge in [0.15, 0.2) is 0 Å². The molecule has 4 nitrogen and oxygen atoms in total. The third-order valence-electron chi connectivity index (χ3n) is 4.95. The predicted octanol–water partition coefficient (Wildman–Crippen LogP) is 4.17. The van der Waals surface area contributed by atoms with Gasteiger partial charge in [-0.25, -0.2) is 0 Å². The largest absolute Gasteiger partial charge is 0.497 e. The van der Waals surface area contributed by atoms with Gasteiger partial charge >= 0.3 is 0 Å². The molecule has 1 aromatic rings. The Hall–Kier alpha value is -1.55. The van der Waals surface area contributed by atoms with Gasteiger partial charge in [-0.2, -0.15) is 0 Å². The Morgan fingerprint density at radius 1 is 1.21 bits per heavy atom. The minimum absolute atomic E-state index is 0.0865. The average Bonchev–Trinajstić information content (AvgIpc) is 2.58. The smallest absolute Gasteiger partial charge is 0.251 e. The molecular formula is C20H31NO3. The van der Waals surface area contributed by atoms with Gasteiger partial charge in [-0.05, 0) is 37.5 Å². The van der Waals surface area contributed by atoms with E-state index in [1.807, 2.05) is 43.1 Å². The predicted molar refractivity (Wildman–Crippen MR) is 96.1 cm³/mol. The fourth-order valence-corrected chi connectivity index (χ4v) is 3.34. The lowest BCUT2D eigenvalue weighted by atomic mass is 9.95. The molecule has 1 saturated carbocycles. The van der Waals surface area contributed by atoms with E-state index >= 15 is 0 Å². The third-order valence-corrected chi connectivity index (χ3v) is 4.95. The molecule has 1 unspecified atom stereocenters. The van der Waals surface area contributed by atoms with Crippen LogP contribution in [0.2, 0.25) is 0 Å². The van der Waals surface area contributed by atoms with Gasteiger partial charge in [0.25, 0.3) is 5.91 Å². The molecule has 1 aliphatic rings. The maximum absolute atomic E-state index is 12.7. The molecule has 0 radical (unpaired) electrons. The van der Waals surface area contributed by atoms with Crippen molar-refractivity contribution in [3.8, 4) is 5.75 Å². The van der Waals surface area contributed by atoms with Crippen LogP contribution in [0.1, 0.15) is 57.4 Å². The van der Waals surface area contributed by atoms with Crippen molar-refractivity contribution in [1.82, 2.24) is 4.90 Å². The highest BCUT2D eigenvalue weighted by molar-refractivity contribution is 5.80. The summed E-state index contributed by atoms with van der Waals surface area (Å²) in [5.74, 6) is 0.894. The summed E-state index contributed by atoms with van der Waals surface area (Å²) in [7, 11) is 3.58. The molecule has 134 valence electrons. The maximum atomic E-state index is 12.7. The normalized spacial score (nSPS) is 17.6. The zero-order valence-corrected chi connectivity index (χ0v) is 15.3. The molecular weight excluding hydrogens is 302 g/mol. The van der Waals surface area contributed by atoms with Crippen molar-refractivity contribution in [2.24, 2.45) is 0 Å². The number of nitrogens with zero attached hydrogens (tertiary/aromatic N) is 1. The number of likely N-dealkylation sites (N-methyl/N-ethyl adjacent to an activating group) is 1. The average molecular weight is 333 g/mol. The van der Waals surface area contributed by atoms with Crippen molar-refractivity contribution in [3.05, 3.63) is 29.8 Å². The Labute approximate surface area is 146 Å². The second kappa shape index (κ2) is 9.67. The number of rotatable bonds is 6. The minimum Gasteiger partial charge on any atom is -0.497 e. The van der Waals surface area contributed by atoms with E-state index in [2.05, 4.69) is 0 Å². The third kappa shape index (κ3) is 5.52. The number of carbonyl (C=O) groups is 1. The van der Waals surface area contributed by atoms with Crippen molar-refractivity contribution in [2.45, 2.75) is 70.6 Å². The zero-order valence-electron chi connectivity index (χ0n) is 15.3. The van der Waals surface area contributed by atoms with Crippen LogP contribution in [0.25, 0.3) is 0 Å². The van der Waals surface area contributed by atoms with Crippen LogP contribution in [0.15, 0.2) is 24.3 Å². The Bertz CT molecular complexity index is 509. The highest BCUT2D eigenvalue weighted by Gasteiger charge is 2.25. The fraction of sp³-hybridized carbons (Fsp3) is 0.650. The molecule has 1 aromatic carbocycles. The van der Waals surface area contributed by atoms with Crippen LogP contribution in [-0.2, 0) is 16.1 Å². The van der Waals surface area contributed by atoms with Gasteiger partial charge in [0.2, 0.25) is 0 Å². The summed E-state index contributed by atoms with van der Waals surface area (Å²) in [5.41, 5.74) is 1.02. The van der Waals surface area contributed by atoms with E-state index in [9.17, 15) is 4.79 Å². The van der Waals surface area contributed by atoms with Crippen molar-refractivity contribution in [2.75, 3.05) is 14.2 Å². The number of amides is 1. The molecule has 4 heteroatoms. The molecule has 0 N–H and O–H groups in total. The zero-order chi connectivity index (χ0) is 17.4. The second-order valence-electron chi connectivity index (χ2n) is 6.75. The van der Waals surface area contributed by atoms with Gasteiger partial charge in [-0.1, -0.05) is 44.2 Å². The SMILES string of the molecule is COc1cccc(COC(C)C(=O)N(C)C2CCCCCCC2)c1.